The predicted octanol–water partition coefficient (Wildman–Crippen LogP) is 3.85. The second-order valence-electron chi connectivity index (χ2n) is 7.08. The van der Waals surface area contributed by atoms with Crippen molar-refractivity contribution in [1.29, 1.82) is 0 Å². The van der Waals surface area contributed by atoms with Crippen molar-refractivity contribution in [2.45, 2.75) is 0 Å². The van der Waals surface area contributed by atoms with Crippen LogP contribution >= 0.6 is 11.6 Å². The van der Waals surface area contributed by atoms with E-state index in [1.807, 2.05) is 12.1 Å². The molecule has 0 spiro atoms. The van der Waals surface area contributed by atoms with Crippen LogP contribution in [0.15, 0.2) is 84.0 Å². The molecule has 0 aromatic heterocycles. The van der Waals surface area contributed by atoms with E-state index in [1.54, 1.807) is 73.8 Å². The van der Waals surface area contributed by atoms with Crippen LogP contribution in [0.25, 0.3) is 6.08 Å². The van der Waals surface area contributed by atoms with Gasteiger partial charge >= 0.3 is 5.97 Å². The molecule has 0 aliphatic rings. The summed E-state index contributed by atoms with van der Waals surface area (Å²) in [5.41, 5.74) is 4.22. The van der Waals surface area contributed by atoms with Gasteiger partial charge in [-0.15, -0.1) is 0 Å². The number of esters is 1. The van der Waals surface area contributed by atoms with E-state index in [9.17, 15) is 14.4 Å². The molecule has 9 heteroatoms. The van der Waals surface area contributed by atoms with Gasteiger partial charge in [-0.25, -0.2) is 10.2 Å². The fourth-order valence-corrected chi connectivity index (χ4v) is 2.86. The van der Waals surface area contributed by atoms with E-state index in [-0.39, 0.29) is 6.54 Å². The van der Waals surface area contributed by atoms with Crippen molar-refractivity contribution in [1.82, 2.24) is 10.7 Å². The minimum absolute atomic E-state index is 0.238. The topological polar surface area (TPSA) is 106 Å². The largest absolute Gasteiger partial charge is 0.497 e. The fraction of sp³-hybridized carbons (Fsp3) is 0.0769. The number of benzene rings is 3. The summed E-state index contributed by atoms with van der Waals surface area (Å²) in [5, 5.41) is 6.85. The maximum Gasteiger partial charge on any atom is 0.336 e. The Morgan fingerprint density at radius 1 is 0.886 bits per heavy atom. The average molecular weight is 492 g/mol. The number of hydrogen-bond acceptors (Lipinski definition) is 6. The molecule has 2 N–H and O–H groups in total. The van der Waals surface area contributed by atoms with Crippen LogP contribution in [0.5, 0.6) is 11.5 Å². The molecule has 0 atom stereocenters. The molecule has 3 rings (SSSR count). The van der Waals surface area contributed by atoms with Crippen LogP contribution in [0.4, 0.5) is 0 Å². The molecule has 0 unspecified atom stereocenters. The van der Waals surface area contributed by atoms with Crippen molar-refractivity contribution >= 4 is 41.7 Å². The Labute approximate surface area is 207 Å². The van der Waals surface area contributed by atoms with Crippen LogP contribution in [0, 0.1) is 0 Å². The zero-order chi connectivity index (χ0) is 25.0. The number of carbonyl (C=O) groups excluding carboxylic acids is 3. The van der Waals surface area contributed by atoms with Crippen molar-refractivity contribution in [2.75, 3.05) is 13.7 Å². The molecule has 0 radical (unpaired) electrons. The van der Waals surface area contributed by atoms with Crippen LogP contribution in [0.1, 0.15) is 21.5 Å². The zero-order valence-corrected chi connectivity index (χ0v) is 19.5. The molecule has 3 aromatic rings. The van der Waals surface area contributed by atoms with Gasteiger partial charge in [-0.05, 0) is 77.9 Å². The fourth-order valence-electron chi connectivity index (χ4n) is 2.73. The number of nitrogens with zero attached hydrogens (tertiary/aromatic N) is 1. The summed E-state index contributed by atoms with van der Waals surface area (Å²) in [7, 11) is 1.59. The highest BCUT2D eigenvalue weighted by Gasteiger charge is 2.07. The van der Waals surface area contributed by atoms with Gasteiger partial charge in [0.05, 0.1) is 19.9 Å². The molecule has 35 heavy (non-hydrogen) atoms. The maximum absolute atomic E-state index is 12.0. The third-order valence-electron chi connectivity index (χ3n) is 4.54. The molecule has 0 saturated carbocycles. The lowest BCUT2D eigenvalue weighted by atomic mass is 10.2. The van der Waals surface area contributed by atoms with Crippen molar-refractivity contribution < 1.29 is 23.9 Å². The molecular formula is C26H22ClN3O5. The highest BCUT2D eigenvalue weighted by atomic mass is 35.5. The van der Waals surface area contributed by atoms with Crippen LogP contribution in [0.3, 0.4) is 0 Å². The Kier molecular flexibility index (Phi) is 9.15. The van der Waals surface area contributed by atoms with Crippen molar-refractivity contribution in [2.24, 2.45) is 5.10 Å². The summed E-state index contributed by atoms with van der Waals surface area (Å²) in [6.07, 6.45) is 4.40. The Morgan fingerprint density at radius 2 is 1.51 bits per heavy atom. The number of methoxy groups -OCH3 is 1. The Bertz CT molecular complexity index is 1220. The van der Waals surface area contributed by atoms with E-state index >= 15 is 0 Å². The summed E-state index contributed by atoms with van der Waals surface area (Å²) in [6, 6.07) is 20.1. The van der Waals surface area contributed by atoms with Gasteiger partial charge in [0.2, 0.25) is 0 Å². The maximum atomic E-state index is 12.0. The standard InChI is InChI=1S/C26H22ClN3O5/c1-34-22-11-2-18(3-12-22)6-15-25(32)35-23-13-4-19(5-14-23)16-29-30-24(31)17-28-26(33)20-7-9-21(27)10-8-20/h2-16H,17H2,1H3,(H,28,33)(H,30,31)/b15-6+,29-16+. The third-order valence-corrected chi connectivity index (χ3v) is 4.80. The SMILES string of the molecule is COc1ccc(/C=C/C(=O)Oc2ccc(/C=N/NC(=O)CNC(=O)c3ccc(Cl)cc3)cc2)cc1. The lowest BCUT2D eigenvalue weighted by Gasteiger charge is -2.04. The van der Waals surface area contributed by atoms with Crippen molar-refractivity contribution in [3.8, 4) is 11.5 Å². The molecule has 8 nitrogen and oxygen atoms in total. The van der Waals surface area contributed by atoms with Gasteiger partial charge in [0.15, 0.2) is 0 Å². The monoisotopic (exact) mass is 491 g/mol. The summed E-state index contributed by atoms with van der Waals surface area (Å²) in [6.45, 7) is -0.238. The second-order valence-corrected chi connectivity index (χ2v) is 7.52. The molecule has 2 amide bonds. The van der Waals surface area contributed by atoms with E-state index < -0.39 is 17.8 Å². The summed E-state index contributed by atoms with van der Waals surface area (Å²) in [5.74, 6) is -0.313. The lowest BCUT2D eigenvalue weighted by Crippen LogP contribution is -2.34. The zero-order valence-electron chi connectivity index (χ0n) is 18.7. The van der Waals surface area contributed by atoms with Crippen molar-refractivity contribution in [3.05, 3.63) is 101 Å². The quantitative estimate of drug-likeness (QED) is 0.155. The Balaban J connectivity index is 1.41. The van der Waals surface area contributed by atoms with Crippen LogP contribution in [0.2, 0.25) is 5.02 Å². The molecular weight excluding hydrogens is 470 g/mol. The number of nitrogens with one attached hydrogen (secondary N) is 2. The average Bonchev–Trinajstić information content (AvgIpc) is 2.88. The molecule has 0 aliphatic carbocycles. The first-order chi connectivity index (χ1) is 16.9. The van der Waals surface area contributed by atoms with Crippen molar-refractivity contribution in [3.63, 3.8) is 0 Å². The first-order valence-electron chi connectivity index (χ1n) is 10.4. The first-order valence-corrected chi connectivity index (χ1v) is 10.8. The summed E-state index contributed by atoms with van der Waals surface area (Å²) < 4.78 is 10.4. The minimum Gasteiger partial charge on any atom is -0.497 e. The number of amides is 2. The van der Waals surface area contributed by atoms with Gasteiger partial charge in [0.1, 0.15) is 11.5 Å². The van der Waals surface area contributed by atoms with Gasteiger partial charge in [-0.2, -0.15) is 5.10 Å². The number of hydrogen-bond donors (Lipinski definition) is 2. The number of rotatable bonds is 9. The summed E-state index contributed by atoms with van der Waals surface area (Å²) in [4.78, 5) is 35.9. The number of hydrazone groups is 1. The molecule has 178 valence electrons. The highest BCUT2D eigenvalue weighted by molar-refractivity contribution is 6.30. The summed E-state index contributed by atoms with van der Waals surface area (Å²) >= 11 is 5.78. The number of carbonyl (C=O) groups is 3. The predicted molar refractivity (Wildman–Crippen MR) is 134 cm³/mol. The number of ether oxygens (including phenoxy) is 2. The van der Waals surface area contributed by atoms with Gasteiger partial charge in [-0.1, -0.05) is 23.7 Å². The van der Waals surface area contributed by atoms with Crippen LogP contribution < -0.4 is 20.2 Å². The molecule has 0 saturated heterocycles. The first kappa shape index (κ1) is 25.2. The minimum atomic E-state index is -0.518. The highest BCUT2D eigenvalue weighted by Crippen LogP contribution is 2.14. The Hall–Kier alpha value is -4.43. The van der Waals surface area contributed by atoms with E-state index in [1.165, 1.54) is 12.3 Å². The smallest absolute Gasteiger partial charge is 0.336 e. The van der Waals surface area contributed by atoms with E-state index in [0.717, 1.165) is 11.3 Å². The van der Waals surface area contributed by atoms with Crippen LogP contribution in [-0.4, -0.2) is 37.7 Å². The van der Waals surface area contributed by atoms with Gasteiger partial charge in [-0.3, -0.25) is 9.59 Å². The van der Waals surface area contributed by atoms with Gasteiger partial charge < -0.3 is 14.8 Å². The van der Waals surface area contributed by atoms with Gasteiger partial charge in [0, 0.05) is 16.7 Å². The molecule has 0 aliphatic heterocycles. The molecule has 0 fully saturated rings. The normalized spacial score (nSPS) is 10.8. The lowest BCUT2D eigenvalue weighted by molar-refractivity contribution is -0.129. The number of halogens is 1. The van der Waals surface area contributed by atoms with Gasteiger partial charge in [0.25, 0.3) is 11.8 Å². The molecule has 3 aromatic carbocycles. The third kappa shape index (κ3) is 8.45. The van der Waals surface area contributed by atoms with E-state index in [2.05, 4.69) is 15.8 Å². The van der Waals surface area contributed by atoms with Crippen LogP contribution in [-0.2, 0) is 9.59 Å². The second kappa shape index (κ2) is 12.7. The van der Waals surface area contributed by atoms with E-state index in [4.69, 9.17) is 21.1 Å². The molecule has 0 heterocycles. The molecule has 0 bridgehead atoms. The Morgan fingerprint density at radius 3 is 2.17 bits per heavy atom. The van der Waals surface area contributed by atoms with E-state index in [0.29, 0.717) is 21.9 Å².